The van der Waals surface area contributed by atoms with E-state index in [2.05, 4.69) is 16.0 Å². The number of thiophene rings is 1. The van der Waals surface area contributed by atoms with Crippen LogP contribution < -0.4 is 16.0 Å². The molecule has 0 spiro atoms. The summed E-state index contributed by atoms with van der Waals surface area (Å²) >= 11 is 1.42. The van der Waals surface area contributed by atoms with Gasteiger partial charge in [0, 0.05) is 30.1 Å². The van der Waals surface area contributed by atoms with Crippen molar-refractivity contribution in [2.45, 2.75) is 6.54 Å². The Morgan fingerprint density at radius 2 is 1.70 bits per heavy atom. The molecule has 1 heterocycles. The van der Waals surface area contributed by atoms with Crippen LogP contribution in [-0.2, 0) is 11.3 Å². The van der Waals surface area contributed by atoms with Gasteiger partial charge in [-0.15, -0.1) is 0 Å². The number of nitrogens with one attached hydrogen (secondary N) is 3. The number of hydrogen-bond donors (Lipinski definition) is 3. The second-order valence-corrected chi connectivity index (χ2v) is 5.53. The van der Waals surface area contributed by atoms with Crippen molar-refractivity contribution in [2.24, 2.45) is 0 Å². The van der Waals surface area contributed by atoms with Crippen LogP contribution in [0.3, 0.4) is 0 Å². The zero-order valence-corrected chi connectivity index (χ0v) is 13.4. The van der Waals surface area contributed by atoms with E-state index in [0.29, 0.717) is 17.7 Å². The molecule has 1 aromatic carbocycles. The maximum atomic E-state index is 11.7. The molecule has 0 saturated heterocycles. The standard InChI is InChI=1S/C16H17N3O3S/c1-17-15(21)12-4-2-11(3-5-12)8-18-14(20)9-19-16(22)13-6-7-23-10-13/h2-7,10H,8-9H2,1H3,(H,17,21)(H,18,20)(H,19,22). The van der Waals surface area contributed by atoms with Gasteiger partial charge >= 0.3 is 0 Å². The van der Waals surface area contributed by atoms with Gasteiger partial charge in [-0.3, -0.25) is 14.4 Å². The third-order valence-electron chi connectivity index (χ3n) is 3.13. The normalized spacial score (nSPS) is 9.96. The van der Waals surface area contributed by atoms with Crippen molar-refractivity contribution in [1.82, 2.24) is 16.0 Å². The third-order valence-corrected chi connectivity index (χ3v) is 3.81. The molecule has 120 valence electrons. The van der Waals surface area contributed by atoms with Crippen molar-refractivity contribution in [3.63, 3.8) is 0 Å². The third kappa shape index (κ3) is 4.93. The van der Waals surface area contributed by atoms with E-state index in [1.807, 2.05) is 0 Å². The molecule has 7 heteroatoms. The molecule has 1 aromatic heterocycles. The Morgan fingerprint density at radius 1 is 0.957 bits per heavy atom. The summed E-state index contributed by atoms with van der Waals surface area (Å²) in [4.78, 5) is 34.8. The summed E-state index contributed by atoms with van der Waals surface area (Å²) in [7, 11) is 1.57. The highest BCUT2D eigenvalue weighted by atomic mass is 32.1. The lowest BCUT2D eigenvalue weighted by Gasteiger charge is -2.07. The minimum Gasteiger partial charge on any atom is -0.355 e. The van der Waals surface area contributed by atoms with E-state index in [1.54, 1.807) is 48.1 Å². The maximum Gasteiger partial charge on any atom is 0.252 e. The van der Waals surface area contributed by atoms with Crippen LogP contribution >= 0.6 is 11.3 Å². The number of amides is 3. The van der Waals surface area contributed by atoms with Gasteiger partial charge < -0.3 is 16.0 Å². The molecule has 0 saturated carbocycles. The Morgan fingerprint density at radius 3 is 2.30 bits per heavy atom. The lowest BCUT2D eigenvalue weighted by molar-refractivity contribution is -0.120. The smallest absolute Gasteiger partial charge is 0.252 e. The molecule has 23 heavy (non-hydrogen) atoms. The molecule has 0 fully saturated rings. The fourth-order valence-corrected chi connectivity index (χ4v) is 2.47. The molecule has 3 N–H and O–H groups in total. The van der Waals surface area contributed by atoms with Crippen LogP contribution in [0.1, 0.15) is 26.3 Å². The minimum atomic E-state index is -0.274. The van der Waals surface area contributed by atoms with E-state index >= 15 is 0 Å². The molecule has 0 aliphatic heterocycles. The number of carbonyl (C=O) groups excluding carboxylic acids is 3. The Labute approximate surface area is 137 Å². The highest BCUT2D eigenvalue weighted by Crippen LogP contribution is 2.05. The summed E-state index contributed by atoms with van der Waals surface area (Å²) in [6.07, 6.45) is 0. The van der Waals surface area contributed by atoms with E-state index in [1.165, 1.54) is 11.3 Å². The van der Waals surface area contributed by atoms with Crippen molar-refractivity contribution >= 4 is 29.1 Å². The van der Waals surface area contributed by atoms with Crippen LogP contribution in [0.15, 0.2) is 41.1 Å². The Balaban J connectivity index is 1.76. The predicted molar refractivity (Wildman–Crippen MR) is 88.3 cm³/mol. The first-order valence-electron chi connectivity index (χ1n) is 6.98. The van der Waals surface area contributed by atoms with Crippen molar-refractivity contribution in [2.75, 3.05) is 13.6 Å². The molecule has 2 rings (SSSR count). The van der Waals surface area contributed by atoms with Gasteiger partial charge in [0.15, 0.2) is 0 Å². The molecule has 6 nitrogen and oxygen atoms in total. The summed E-state index contributed by atoms with van der Waals surface area (Å²) in [5.41, 5.74) is 1.98. The van der Waals surface area contributed by atoms with E-state index in [4.69, 9.17) is 0 Å². The van der Waals surface area contributed by atoms with Gasteiger partial charge in [0.25, 0.3) is 11.8 Å². The van der Waals surface area contributed by atoms with Gasteiger partial charge in [0.1, 0.15) is 0 Å². The van der Waals surface area contributed by atoms with Gasteiger partial charge in [-0.2, -0.15) is 11.3 Å². The first-order chi connectivity index (χ1) is 11.1. The van der Waals surface area contributed by atoms with Crippen LogP contribution in [0.2, 0.25) is 0 Å². The molecule has 2 aromatic rings. The van der Waals surface area contributed by atoms with Crippen LogP contribution in [0.4, 0.5) is 0 Å². The number of rotatable bonds is 6. The van der Waals surface area contributed by atoms with Crippen molar-refractivity contribution in [3.05, 3.63) is 57.8 Å². The van der Waals surface area contributed by atoms with Gasteiger partial charge in [0.2, 0.25) is 5.91 Å². The topological polar surface area (TPSA) is 87.3 Å². The molecule has 0 radical (unpaired) electrons. The molecular formula is C16H17N3O3S. The van der Waals surface area contributed by atoms with E-state index in [-0.39, 0.29) is 24.3 Å². The molecule has 3 amide bonds. The lowest BCUT2D eigenvalue weighted by atomic mass is 10.1. The number of carbonyl (C=O) groups is 3. The highest BCUT2D eigenvalue weighted by molar-refractivity contribution is 7.08. The molecule has 0 unspecified atom stereocenters. The van der Waals surface area contributed by atoms with Crippen LogP contribution in [0, 0.1) is 0 Å². The van der Waals surface area contributed by atoms with Gasteiger partial charge in [0.05, 0.1) is 6.54 Å². The number of benzene rings is 1. The van der Waals surface area contributed by atoms with Crippen LogP contribution in [0.5, 0.6) is 0 Å². The molecule has 0 aliphatic carbocycles. The zero-order valence-electron chi connectivity index (χ0n) is 12.6. The molecule has 0 aliphatic rings. The van der Waals surface area contributed by atoms with Crippen LogP contribution in [0.25, 0.3) is 0 Å². The lowest BCUT2D eigenvalue weighted by Crippen LogP contribution is -2.36. The first kappa shape index (κ1) is 16.7. The van der Waals surface area contributed by atoms with E-state index in [9.17, 15) is 14.4 Å². The summed E-state index contributed by atoms with van der Waals surface area (Å²) in [6.45, 7) is 0.256. The quantitative estimate of drug-likeness (QED) is 0.742. The monoisotopic (exact) mass is 331 g/mol. The minimum absolute atomic E-state index is 0.0784. The summed E-state index contributed by atoms with van der Waals surface area (Å²) in [5, 5.41) is 11.3. The summed E-state index contributed by atoms with van der Waals surface area (Å²) in [6, 6.07) is 8.63. The average molecular weight is 331 g/mol. The highest BCUT2D eigenvalue weighted by Gasteiger charge is 2.08. The second-order valence-electron chi connectivity index (χ2n) is 4.75. The molecule has 0 bridgehead atoms. The summed E-state index contributed by atoms with van der Waals surface area (Å²) < 4.78 is 0. The van der Waals surface area contributed by atoms with Gasteiger partial charge in [-0.1, -0.05) is 12.1 Å². The van der Waals surface area contributed by atoms with Gasteiger partial charge in [-0.25, -0.2) is 0 Å². The second kappa shape index (κ2) is 8.09. The fourth-order valence-electron chi connectivity index (χ4n) is 1.84. The Kier molecular flexibility index (Phi) is 5.87. The van der Waals surface area contributed by atoms with Crippen molar-refractivity contribution in [3.8, 4) is 0 Å². The largest absolute Gasteiger partial charge is 0.355 e. The van der Waals surface area contributed by atoms with Crippen molar-refractivity contribution < 1.29 is 14.4 Å². The van der Waals surface area contributed by atoms with E-state index in [0.717, 1.165) is 5.56 Å². The first-order valence-corrected chi connectivity index (χ1v) is 7.92. The maximum absolute atomic E-state index is 11.7. The average Bonchev–Trinajstić information content (AvgIpc) is 3.12. The SMILES string of the molecule is CNC(=O)c1ccc(CNC(=O)CNC(=O)c2ccsc2)cc1. The predicted octanol–water partition coefficient (Wildman–Crippen LogP) is 1.15. The molecular weight excluding hydrogens is 314 g/mol. The Hall–Kier alpha value is -2.67. The molecule has 0 atom stereocenters. The van der Waals surface area contributed by atoms with Crippen LogP contribution in [-0.4, -0.2) is 31.3 Å². The summed E-state index contributed by atoms with van der Waals surface area (Å²) in [5.74, 6) is -0.697. The Bertz CT molecular complexity index is 681. The number of hydrogen-bond acceptors (Lipinski definition) is 4. The van der Waals surface area contributed by atoms with E-state index < -0.39 is 0 Å². The zero-order chi connectivity index (χ0) is 16.7. The van der Waals surface area contributed by atoms with Crippen molar-refractivity contribution in [1.29, 1.82) is 0 Å². The fraction of sp³-hybridized carbons (Fsp3) is 0.188. The van der Waals surface area contributed by atoms with Gasteiger partial charge in [-0.05, 0) is 29.1 Å².